The van der Waals surface area contributed by atoms with Crippen LogP contribution in [0, 0.1) is 11.7 Å². The van der Waals surface area contributed by atoms with Gasteiger partial charge < -0.3 is 15.4 Å². The molecule has 1 heterocycles. The van der Waals surface area contributed by atoms with Crippen molar-refractivity contribution in [3.63, 3.8) is 0 Å². The van der Waals surface area contributed by atoms with Gasteiger partial charge in [-0.3, -0.25) is 9.59 Å². The Balaban J connectivity index is 1.49. The van der Waals surface area contributed by atoms with Crippen molar-refractivity contribution in [3.05, 3.63) is 75.7 Å². The maximum Gasteiger partial charge on any atom is 0.217 e. The van der Waals surface area contributed by atoms with Crippen molar-refractivity contribution in [2.75, 3.05) is 19.0 Å². The Bertz CT molecular complexity index is 1110. The number of hydrogen-bond acceptors (Lipinski definition) is 6. The smallest absolute Gasteiger partial charge is 0.217 e. The fourth-order valence-electron chi connectivity index (χ4n) is 3.85. The average Bonchev–Trinajstić information content (AvgIpc) is 3.68. The number of nitrogens with one attached hydrogen (secondary N) is 2. The van der Waals surface area contributed by atoms with E-state index in [2.05, 4.69) is 20.6 Å². The van der Waals surface area contributed by atoms with Crippen molar-refractivity contribution in [2.24, 2.45) is 5.92 Å². The third-order valence-corrected chi connectivity index (χ3v) is 6.18. The summed E-state index contributed by atoms with van der Waals surface area (Å²) in [5.41, 5.74) is 1.15. The molecule has 2 aliphatic carbocycles. The average molecular weight is 471 g/mol. The number of allylic oxidation sites excluding steroid dienone is 3. The number of anilines is 1. The van der Waals surface area contributed by atoms with Crippen LogP contribution in [0.5, 0.6) is 0 Å². The molecule has 172 valence electrons. The number of carbonyl (C=O) groups excluding carboxylic acids is 2. The minimum atomic E-state index is -0.740. The first kappa shape index (κ1) is 22.9. The lowest BCUT2D eigenvalue weighted by Crippen LogP contribution is -2.23. The van der Waals surface area contributed by atoms with Crippen LogP contribution in [-0.4, -0.2) is 35.8 Å². The molecule has 0 radical (unpaired) electrons. The van der Waals surface area contributed by atoms with Crippen LogP contribution in [0.25, 0.3) is 0 Å². The van der Waals surface area contributed by atoms with Gasteiger partial charge in [0.25, 0.3) is 0 Å². The van der Waals surface area contributed by atoms with E-state index in [9.17, 15) is 9.59 Å². The fraction of sp³-hybridized carbons (Fsp3) is 0.333. The molecule has 0 bridgehead atoms. The van der Waals surface area contributed by atoms with Gasteiger partial charge in [-0.05, 0) is 37.3 Å². The Labute approximate surface area is 196 Å². The monoisotopic (exact) mass is 470 g/mol. The van der Waals surface area contributed by atoms with E-state index in [1.165, 1.54) is 30.1 Å². The second-order valence-corrected chi connectivity index (χ2v) is 8.46. The summed E-state index contributed by atoms with van der Waals surface area (Å²) in [6, 6.07) is 2.49. The zero-order chi connectivity index (χ0) is 23.4. The van der Waals surface area contributed by atoms with E-state index in [0.717, 1.165) is 31.4 Å². The first-order valence-corrected chi connectivity index (χ1v) is 11.1. The van der Waals surface area contributed by atoms with Gasteiger partial charge in [-0.15, -0.1) is 0 Å². The molecule has 9 heteroatoms. The highest BCUT2D eigenvalue weighted by Crippen LogP contribution is 2.42. The predicted octanol–water partition coefficient (Wildman–Crippen LogP) is 4.36. The summed E-state index contributed by atoms with van der Waals surface area (Å²) in [6.45, 7) is 0.588. The van der Waals surface area contributed by atoms with Crippen LogP contribution in [0.1, 0.15) is 53.3 Å². The molecule has 1 amide bonds. The molecule has 0 aliphatic heterocycles. The van der Waals surface area contributed by atoms with Gasteiger partial charge in [-0.1, -0.05) is 29.3 Å². The lowest BCUT2D eigenvalue weighted by atomic mass is 9.97. The van der Waals surface area contributed by atoms with E-state index in [4.69, 9.17) is 16.3 Å². The Morgan fingerprint density at radius 3 is 2.70 bits per heavy atom. The Kier molecular flexibility index (Phi) is 7.03. The molecule has 33 heavy (non-hydrogen) atoms. The van der Waals surface area contributed by atoms with E-state index in [0.29, 0.717) is 18.8 Å². The highest BCUT2D eigenvalue weighted by molar-refractivity contribution is 6.35. The predicted molar refractivity (Wildman–Crippen MR) is 122 cm³/mol. The van der Waals surface area contributed by atoms with Crippen LogP contribution in [-0.2, 0) is 9.53 Å². The number of halogens is 2. The maximum atomic E-state index is 15.3. The number of carbonyl (C=O) groups is 2. The van der Waals surface area contributed by atoms with Crippen LogP contribution in [0.3, 0.4) is 0 Å². The number of ketones is 1. The van der Waals surface area contributed by atoms with Crippen molar-refractivity contribution in [1.82, 2.24) is 15.3 Å². The standard InChI is InChI=1S/C24H24ClFN4O3/c1-33-16-6-2-14(3-7-16)10-28-20-12-27-19(11-29-20)24(32)21-18(25)9-8-17(22(21)26)23(30-13-31)15-4-5-15/h2,6,8-9,11-13,15,23H,3-5,7,10H2,1H3,(H,28,29)(H,30,31). The largest absolute Gasteiger partial charge is 0.501 e. The third-order valence-electron chi connectivity index (χ3n) is 5.86. The first-order chi connectivity index (χ1) is 16.0. The third kappa shape index (κ3) is 5.22. The Morgan fingerprint density at radius 1 is 1.27 bits per heavy atom. The molecular formula is C24H24ClFN4O3. The lowest BCUT2D eigenvalue weighted by molar-refractivity contribution is -0.110. The van der Waals surface area contributed by atoms with Crippen LogP contribution in [0.4, 0.5) is 10.2 Å². The number of aromatic nitrogens is 2. The van der Waals surface area contributed by atoms with E-state index < -0.39 is 17.6 Å². The summed E-state index contributed by atoms with van der Waals surface area (Å²) in [5.74, 6) is 0.191. The van der Waals surface area contributed by atoms with E-state index in [1.807, 2.05) is 12.2 Å². The molecule has 1 saturated carbocycles. The van der Waals surface area contributed by atoms with Crippen molar-refractivity contribution in [2.45, 2.75) is 31.7 Å². The van der Waals surface area contributed by atoms with Crippen molar-refractivity contribution in [1.29, 1.82) is 0 Å². The number of benzene rings is 1. The maximum absolute atomic E-state index is 15.3. The number of rotatable bonds is 10. The molecule has 0 saturated heterocycles. The SMILES string of the molecule is COC1=CC=C(CNc2cnc(C(=O)c3c(Cl)ccc(C(NC=O)C4CC4)c3F)cn2)CC1. The number of nitrogens with zero attached hydrogens (tertiary/aromatic N) is 2. The van der Waals surface area contributed by atoms with Gasteiger partial charge in [0.1, 0.15) is 17.3 Å². The molecule has 4 rings (SSSR count). The van der Waals surface area contributed by atoms with Gasteiger partial charge in [0.05, 0.1) is 41.9 Å². The molecule has 2 aromatic rings. The van der Waals surface area contributed by atoms with Crippen LogP contribution in [0.2, 0.25) is 5.02 Å². The molecule has 1 unspecified atom stereocenters. The van der Waals surface area contributed by atoms with Gasteiger partial charge in [-0.25, -0.2) is 14.4 Å². The summed E-state index contributed by atoms with van der Waals surface area (Å²) in [7, 11) is 1.66. The quantitative estimate of drug-likeness (QED) is 0.396. The molecule has 1 aromatic carbocycles. The topological polar surface area (TPSA) is 93.2 Å². The molecule has 1 fully saturated rings. The van der Waals surface area contributed by atoms with Gasteiger partial charge >= 0.3 is 0 Å². The van der Waals surface area contributed by atoms with Crippen molar-refractivity contribution >= 4 is 29.6 Å². The molecule has 2 N–H and O–H groups in total. The summed E-state index contributed by atoms with van der Waals surface area (Å²) in [6.07, 6.45) is 10.7. The van der Waals surface area contributed by atoms with Gasteiger partial charge in [0.15, 0.2) is 0 Å². The molecule has 1 aromatic heterocycles. The van der Waals surface area contributed by atoms with Gasteiger partial charge in [0.2, 0.25) is 12.2 Å². The van der Waals surface area contributed by atoms with Crippen LogP contribution >= 0.6 is 11.6 Å². The molecule has 2 aliphatic rings. The second-order valence-electron chi connectivity index (χ2n) is 8.06. The Hall–Kier alpha value is -3.26. The highest BCUT2D eigenvalue weighted by Gasteiger charge is 2.35. The molecular weight excluding hydrogens is 447 g/mol. The summed E-state index contributed by atoms with van der Waals surface area (Å²) < 4.78 is 20.6. The Morgan fingerprint density at radius 2 is 2.09 bits per heavy atom. The molecule has 1 atom stereocenters. The zero-order valence-electron chi connectivity index (χ0n) is 18.1. The summed E-state index contributed by atoms with van der Waals surface area (Å²) in [4.78, 5) is 32.4. The molecule has 0 spiro atoms. The van der Waals surface area contributed by atoms with Gasteiger partial charge in [0, 0.05) is 18.5 Å². The number of amides is 1. The number of methoxy groups -OCH3 is 1. The van der Waals surface area contributed by atoms with E-state index in [1.54, 1.807) is 7.11 Å². The fourth-order valence-corrected chi connectivity index (χ4v) is 4.08. The van der Waals surface area contributed by atoms with Crippen LogP contribution in [0.15, 0.2) is 48.0 Å². The van der Waals surface area contributed by atoms with E-state index >= 15 is 4.39 Å². The van der Waals surface area contributed by atoms with Crippen LogP contribution < -0.4 is 10.6 Å². The van der Waals surface area contributed by atoms with Crippen molar-refractivity contribution in [3.8, 4) is 0 Å². The highest BCUT2D eigenvalue weighted by atomic mass is 35.5. The van der Waals surface area contributed by atoms with E-state index in [-0.39, 0.29) is 27.8 Å². The summed E-state index contributed by atoms with van der Waals surface area (Å²) >= 11 is 6.18. The first-order valence-electron chi connectivity index (χ1n) is 10.7. The minimum absolute atomic E-state index is 0.0152. The number of hydrogen-bond donors (Lipinski definition) is 2. The van der Waals surface area contributed by atoms with Crippen molar-refractivity contribution < 1.29 is 18.7 Å². The molecule has 7 nitrogen and oxygen atoms in total. The zero-order valence-corrected chi connectivity index (χ0v) is 18.9. The second kappa shape index (κ2) is 10.1. The van der Waals surface area contributed by atoms with Gasteiger partial charge in [-0.2, -0.15) is 0 Å². The normalized spacial score (nSPS) is 16.3. The summed E-state index contributed by atoms with van der Waals surface area (Å²) in [5, 5.41) is 5.81. The minimum Gasteiger partial charge on any atom is -0.501 e. The lowest BCUT2D eigenvalue weighted by Gasteiger charge is -2.18. The number of ether oxygens (including phenoxy) is 1.